The van der Waals surface area contributed by atoms with Gasteiger partial charge in [0.15, 0.2) is 0 Å². The highest BCUT2D eigenvalue weighted by atomic mass is 16.3. The SMILES string of the molecule is C=C(C)C1CCC2(C(=O)NCCc3cccc(C(=O)NC(C)(C)c4ccccn4)c3)CCC3C(CCC4C3(C)CCC3C(C)(C)C(O)CCC34C)C12. The fraction of sp³-hybridized carbons (Fsp3) is 0.674. The van der Waals surface area contributed by atoms with Gasteiger partial charge in [0.25, 0.3) is 5.91 Å². The van der Waals surface area contributed by atoms with Crippen LogP contribution in [0.25, 0.3) is 0 Å². The molecule has 0 saturated heterocycles. The summed E-state index contributed by atoms with van der Waals surface area (Å²) < 4.78 is 0. The largest absolute Gasteiger partial charge is 0.393 e. The lowest BCUT2D eigenvalue weighted by Crippen LogP contribution is -2.64. The van der Waals surface area contributed by atoms with E-state index in [9.17, 15) is 14.7 Å². The maximum absolute atomic E-state index is 14.6. The van der Waals surface area contributed by atoms with E-state index >= 15 is 0 Å². The standard InChI is InChI=1S/C46H65N3O3/c1-29(2)32-17-24-46(41(52)48-27-21-30-12-11-13-31(28-30)40(51)49-43(5,6)37-14-9-10-26-47-37)25-18-34-33(39(32)46)15-16-36-44(34,7)22-19-35-42(3,4)38(50)20-23-45(35,36)8/h9-14,26,28,32-36,38-39,50H,1,15-25,27H2,2-8H3,(H,48,52)(H,49,51). The highest BCUT2D eigenvalue weighted by molar-refractivity contribution is 5.94. The van der Waals surface area contributed by atoms with E-state index in [1.165, 1.54) is 31.3 Å². The van der Waals surface area contributed by atoms with Crippen molar-refractivity contribution in [3.63, 3.8) is 0 Å². The van der Waals surface area contributed by atoms with Crippen LogP contribution in [0.2, 0.25) is 0 Å². The van der Waals surface area contributed by atoms with Crippen molar-refractivity contribution in [2.75, 3.05) is 6.54 Å². The first kappa shape index (κ1) is 37.3. The van der Waals surface area contributed by atoms with Gasteiger partial charge in [-0.1, -0.05) is 58.0 Å². The molecule has 5 aliphatic carbocycles. The summed E-state index contributed by atoms with van der Waals surface area (Å²) in [6.45, 7) is 21.1. The smallest absolute Gasteiger partial charge is 0.252 e. The topological polar surface area (TPSA) is 91.3 Å². The summed E-state index contributed by atoms with van der Waals surface area (Å²) in [6.07, 6.45) is 13.3. The van der Waals surface area contributed by atoms with Crippen LogP contribution < -0.4 is 10.6 Å². The minimum absolute atomic E-state index is 0.0355. The van der Waals surface area contributed by atoms with Crippen LogP contribution in [0.1, 0.15) is 134 Å². The van der Waals surface area contributed by atoms with Gasteiger partial charge in [0.1, 0.15) is 0 Å². The van der Waals surface area contributed by atoms with Gasteiger partial charge in [0, 0.05) is 18.3 Å². The highest BCUT2D eigenvalue weighted by Gasteiger charge is 2.68. The van der Waals surface area contributed by atoms with Crippen molar-refractivity contribution in [1.82, 2.24) is 15.6 Å². The van der Waals surface area contributed by atoms with Gasteiger partial charge in [-0.3, -0.25) is 14.6 Å². The van der Waals surface area contributed by atoms with Crippen molar-refractivity contribution in [3.8, 4) is 0 Å². The number of aliphatic hydroxyl groups excluding tert-OH is 1. The molecule has 0 aliphatic heterocycles. The van der Waals surface area contributed by atoms with Crippen LogP contribution in [-0.4, -0.2) is 34.6 Å². The van der Waals surface area contributed by atoms with Crippen LogP contribution in [0.5, 0.6) is 0 Å². The molecule has 5 aliphatic rings. The summed E-state index contributed by atoms with van der Waals surface area (Å²) in [5.74, 6) is 3.31. The third-order valence-corrected chi connectivity index (χ3v) is 16.3. The maximum Gasteiger partial charge on any atom is 0.252 e. The van der Waals surface area contributed by atoms with Crippen molar-refractivity contribution in [3.05, 3.63) is 77.6 Å². The molecule has 6 heteroatoms. The van der Waals surface area contributed by atoms with Gasteiger partial charge < -0.3 is 15.7 Å². The lowest BCUT2D eigenvalue weighted by Gasteiger charge is -2.69. The van der Waals surface area contributed by atoms with Crippen LogP contribution in [-0.2, 0) is 16.8 Å². The number of fused-ring (bicyclic) bond motifs is 7. The zero-order chi connectivity index (χ0) is 37.3. The number of aliphatic hydroxyl groups is 1. The molecule has 1 heterocycles. The van der Waals surface area contributed by atoms with Crippen LogP contribution in [0.4, 0.5) is 0 Å². The number of carbonyl (C=O) groups is 2. The molecule has 1 aromatic carbocycles. The zero-order valence-electron chi connectivity index (χ0n) is 33.1. The van der Waals surface area contributed by atoms with Crippen molar-refractivity contribution < 1.29 is 14.7 Å². The predicted molar refractivity (Wildman–Crippen MR) is 208 cm³/mol. The third-order valence-electron chi connectivity index (χ3n) is 16.3. The first-order valence-electron chi connectivity index (χ1n) is 20.5. The molecule has 2 amide bonds. The molecule has 10 unspecified atom stereocenters. The Morgan fingerprint density at radius 1 is 0.904 bits per heavy atom. The number of carbonyl (C=O) groups excluding carboxylic acids is 2. The molecule has 1 aromatic heterocycles. The second kappa shape index (κ2) is 13.4. The van der Waals surface area contributed by atoms with Crippen molar-refractivity contribution >= 4 is 11.8 Å². The van der Waals surface area contributed by atoms with E-state index in [-0.39, 0.29) is 39.6 Å². The van der Waals surface area contributed by atoms with Gasteiger partial charge in [-0.25, -0.2) is 0 Å². The Balaban J connectivity index is 1.05. The number of allylic oxidation sites excluding steroid dienone is 1. The zero-order valence-corrected chi connectivity index (χ0v) is 33.1. The molecule has 0 spiro atoms. The van der Waals surface area contributed by atoms with Crippen LogP contribution in [0.3, 0.4) is 0 Å². The van der Waals surface area contributed by atoms with Crippen LogP contribution >= 0.6 is 0 Å². The Morgan fingerprint density at radius 3 is 2.38 bits per heavy atom. The molecule has 282 valence electrons. The number of nitrogens with one attached hydrogen (secondary N) is 2. The van der Waals surface area contributed by atoms with Crippen molar-refractivity contribution in [1.29, 1.82) is 0 Å². The predicted octanol–water partition coefficient (Wildman–Crippen LogP) is 9.03. The first-order valence-corrected chi connectivity index (χ1v) is 20.5. The van der Waals surface area contributed by atoms with Gasteiger partial charge in [-0.15, -0.1) is 0 Å². The Morgan fingerprint density at radius 2 is 1.65 bits per heavy atom. The molecule has 7 rings (SSSR count). The lowest BCUT2D eigenvalue weighted by atomic mass is 9.36. The monoisotopic (exact) mass is 708 g/mol. The number of hydrogen-bond acceptors (Lipinski definition) is 4. The lowest BCUT2D eigenvalue weighted by molar-refractivity contribution is -0.216. The number of pyridine rings is 1. The van der Waals surface area contributed by atoms with E-state index in [0.29, 0.717) is 54.0 Å². The number of hydrogen-bond donors (Lipinski definition) is 3. The average Bonchev–Trinajstić information content (AvgIpc) is 3.52. The molecular weight excluding hydrogens is 643 g/mol. The van der Waals surface area contributed by atoms with Gasteiger partial charge in [0.05, 0.1) is 22.8 Å². The summed E-state index contributed by atoms with van der Waals surface area (Å²) in [4.78, 5) is 32.3. The normalized spacial score (nSPS) is 37.8. The number of amides is 2. The Kier molecular flexibility index (Phi) is 9.61. The average molecular weight is 708 g/mol. The molecule has 0 bridgehead atoms. The van der Waals surface area contributed by atoms with Gasteiger partial charge in [0.2, 0.25) is 5.91 Å². The van der Waals surface area contributed by atoms with E-state index < -0.39 is 5.54 Å². The quantitative estimate of drug-likeness (QED) is 0.239. The molecule has 5 fully saturated rings. The summed E-state index contributed by atoms with van der Waals surface area (Å²) >= 11 is 0. The fourth-order valence-electron chi connectivity index (χ4n) is 13.7. The van der Waals surface area contributed by atoms with E-state index in [0.717, 1.165) is 49.8 Å². The molecule has 6 nitrogen and oxygen atoms in total. The fourth-order valence-corrected chi connectivity index (χ4v) is 13.7. The molecule has 5 saturated carbocycles. The second-order valence-corrected chi connectivity index (χ2v) is 19.6. The molecule has 2 aromatic rings. The van der Waals surface area contributed by atoms with Gasteiger partial charge in [-0.2, -0.15) is 0 Å². The number of rotatable bonds is 8. The summed E-state index contributed by atoms with van der Waals surface area (Å²) in [7, 11) is 0. The minimum Gasteiger partial charge on any atom is -0.393 e. The Labute approximate surface area is 313 Å². The summed E-state index contributed by atoms with van der Waals surface area (Å²) in [5, 5.41) is 17.7. The van der Waals surface area contributed by atoms with E-state index in [2.05, 4.69) is 56.8 Å². The van der Waals surface area contributed by atoms with Crippen LogP contribution in [0, 0.1) is 57.2 Å². The summed E-state index contributed by atoms with van der Waals surface area (Å²) in [5.41, 5.74) is 3.30. The number of benzene rings is 1. The molecule has 10 atom stereocenters. The number of nitrogens with zero attached hydrogens (tertiary/aromatic N) is 1. The van der Waals surface area contributed by atoms with Crippen molar-refractivity contribution in [2.24, 2.45) is 57.2 Å². The second-order valence-electron chi connectivity index (χ2n) is 19.6. The van der Waals surface area contributed by atoms with E-state index in [1.807, 2.05) is 56.3 Å². The van der Waals surface area contributed by atoms with Gasteiger partial charge >= 0.3 is 0 Å². The third kappa shape index (κ3) is 5.98. The van der Waals surface area contributed by atoms with E-state index in [4.69, 9.17) is 0 Å². The highest BCUT2D eigenvalue weighted by Crippen LogP contribution is 2.73. The number of aromatic nitrogens is 1. The van der Waals surface area contributed by atoms with Crippen LogP contribution in [0.15, 0.2) is 60.8 Å². The first-order chi connectivity index (χ1) is 24.5. The summed E-state index contributed by atoms with van der Waals surface area (Å²) in [6, 6.07) is 13.5. The Hall–Kier alpha value is -2.99. The molecular formula is C46H65N3O3. The molecule has 0 radical (unpaired) electrons. The van der Waals surface area contributed by atoms with Gasteiger partial charge in [-0.05, 0) is 173 Å². The Bertz CT molecular complexity index is 1680. The van der Waals surface area contributed by atoms with E-state index in [1.54, 1.807) is 6.20 Å². The van der Waals surface area contributed by atoms with Crippen molar-refractivity contribution in [2.45, 2.75) is 131 Å². The minimum atomic E-state index is -0.607. The molecule has 52 heavy (non-hydrogen) atoms. The molecule has 3 N–H and O–H groups in total. The maximum atomic E-state index is 14.6.